The molecule has 2 aromatic carbocycles. The maximum Gasteiger partial charge on any atom is 0.240 e. The first kappa shape index (κ1) is 16.4. The van der Waals surface area contributed by atoms with Crippen LogP contribution in [0.15, 0.2) is 53.4 Å². The van der Waals surface area contributed by atoms with Crippen molar-refractivity contribution in [1.82, 2.24) is 4.72 Å². The van der Waals surface area contributed by atoms with Gasteiger partial charge >= 0.3 is 0 Å². The Hall–Kier alpha value is -1.96. The van der Waals surface area contributed by atoms with Crippen LogP contribution in [0.1, 0.15) is 5.56 Å². The average Bonchev–Trinajstić information content (AvgIpc) is 2.50. The standard InChI is InChI=1S/C15H17N3O2S2/c1-11-3-5-12(6-4-11)17-15(21)18-13-7-9-14(10-8-13)22(19,20)16-2/h3-10,16H,1-2H3,(H2,17,18,21). The maximum atomic E-state index is 11.6. The molecule has 0 aromatic heterocycles. The molecule has 0 aliphatic rings. The molecule has 0 atom stereocenters. The molecule has 0 spiro atoms. The van der Waals surface area contributed by atoms with Crippen molar-refractivity contribution in [1.29, 1.82) is 0 Å². The van der Waals surface area contributed by atoms with E-state index < -0.39 is 10.0 Å². The first-order chi connectivity index (χ1) is 10.4. The monoisotopic (exact) mass is 335 g/mol. The molecule has 5 nitrogen and oxygen atoms in total. The van der Waals surface area contributed by atoms with Gasteiger partial charge in [-0.3, -0.25) is 0 Å². The van der Waals surface area contributed by atoms with Crippen LogP contribution < -0.4 is 15.4 Å². The summed E-state index contributed by atoms with van der Waals surface area (Å²) in [6.07, 6.45) is 0. The lowest BCUT2D eigenvalue weighted by atomic mass is 10.2. The van der Waals surface area contributed by atoms with E-state index in [4.69, 9.17) is 12.2 Å². The second kappa shape index (κ2) is 6.87. The summed E-state index contributed by atoms with van der Waals surface area (Å²) in [5.74, 6) is 0. The fourth-order valence-corrected chi connectivity index (χ4v) is 2.73. The minimum atomic E-state index is -3.42. The largest absolute Gasteiger partial charge is 0.332 e. The van der Waals surface area contributed by atoms with Gasteiger partial charge in [-0.2, -0.15) is 0 Å². The highest BCUT2D eigenvalue weighted by molar-refractivity contribution is 7.89. The van der Waals surface area contributed by atoms with Crippen LogP contribution >= 0.6 is 12.2 Å². The van der Waals surface area contributed by atoms with E-state index >= 15 is 0 Å². The van der Waals surface area contributed by atoms with Gasteiger partial charge in [0.1, 0.15) is 0 Å². The van der Waals surface area contributed by atoms with Gasteiger partial charge < -0.3 is 10.6 Å². The number of aryl methyl sites for hydroxylation is 1. The summed E-state index contributed by atoms with van der Waals surface area (Å²) in [5, 5.41) is 6.51. The van der Waals surface area contributed by atoms with Gasteiger partial charge in [-0.15, -0.1) is 0 Å². The number of thiocarbonyl (C=S) groups is 1. The smallest absolute Gasteiger partial charge is 0.240 e. The Labute approximate surface area is 135 Å². The Morgan fingerprint density at radius 2 is 1.36 bits per heavy atom. The third-order valence-corrected chi connectivity index (χ3v) is 4.63. The summed E-state index contributed by atoms with van der Waals surface area (Å²) in [6, 6.07) is 14.2. The van der Waals surface area contributed by atoms with Crippen molar-refractivity contribution in [2.45, 2.75) is 11.8 Å². The molecule has 0 unspecified atom stereocenters. The summed E-state index contributed by atoms with van der Waals surface area (Å²) in [7, 11) is -2.05. The third-order valence-electron chi connectivity index (χ3n) is 3.00. The quantitative estimate of drug-likeness (QED) is 0.750. The number of anilines is 2. The third kappa shape index (κ3) is 4.27. The van der Waals surface area contributed by atoms with Crippen LogP contribution in [-0.2, 0) is 10.0 Å². The topological polar surface area (TPSA) is 70.2 Å². The summed E-state index contributed by atoms with van der Waals surface area (Å²) in [5.41, 5.74) is 2.77. The second-order valence-electron chi connectivity index (χ2n) is 4.68. The van der Waals surface area contributed by atoms with Crippen LogP contribution in [0.4, 0.5) is 11.4 Å². The highest BCUT2D eigenvalue weighted by Crippen LogP contribution is 2.15. The van der Waals surface area contributed by atoms with Gasteiger partial charge in [0.15, 0.2) is 5.11 Å². The molecule has 0 fully saturated rings. The van der Waals surface area contributed by atoms with E-state index in [0.717, 1.165) is 5.69 Å². The molecule has 0 heterocycles. The van der Waals surface area contributed by atoms with Crippen LogP contribution in [0.2, 0.25) is 0 Å². The predicted octanol–water partition coefficient (Wildman–Crippen LogP) is 2.71. The number of sulfonamides is 1. The molecule has 0 bridgehead atoms. The Bertz CT molecular complexity index is 754. The molecule has 0 saturated heterocycles. The molecule has 0 aliphatic heterocycles. The van der Waals surface area contributed by atoms with E-state index in [9.17, 15) is 8.42 Å². The van der Waals surface area contributed by atoms with Crippen LogP contribution in [0, 0.1) is 6.92 Å². The molecular formula is C15H17N3O2S2. The highest BCUT2D eigenvalue weighted by atomic mass is 32.2. The van der Waals surface area contributed by atoms with Gasteiger partial charge in [-0.1, -0.05) is 17.7 Å². The van der Waals surface area contributed by atoms with Crippen molar-refractivity contribution in [3.63, 3.8) is 0 Å². The molecule has 7 heteroatoms. The van der Waals surface area contributed by atoms with Gasteiger partial charge in [0.2, 0.25) is 10.0 Å². The fourth-order valence-electron chi connectivity index (χ4n) is 1.77. The van der Waals surface area contributed by atoms with Crippen LogP contribution in [-0.4, -0.2) is 20.6 Å². The Morgan fingerprint density at radius 1 is 0.909 bits per heavy atom. The molecule has 0 aliphatic carbocycles. The summed E-state index contributed by atoms with van der Waals surface area (Å²) >= 11 is 5.23. The van der Waals surface area contributed by atoms with Crippen LogP contribution in [0.25, 0.3) is 0 Å². The maximum absolute atomic E-state index is 11.6. The average molecular weight is 335 g/mol. The van der Waals surface area contributed by atoms with Gasteiger partial charge in [0.25, 0.3) is 0 Å². The van der Waals surface area contributed by atoms with Gasteiger partial charge in [-0.05, 0) is 62.6 Å². The summed E-state index contributed by atoms with van der Waals surface area (Å²) < 4.78 is 25.5. The molecule has 0 radical (unpaired) electrons. The molecule has 3 N–H and O–H groups in total. The van der Waals surface area contributed by atoms with E-state index in [1.165, 1.54) is 24.7 Å². The normalized spacial score (nSPS) is 11.0. The van der Waals surface area contributed by atoms with Crippen LogP contribution in [0.5, 0.6) is 0 Å². The first-order valence-corrected chi connectivity index (χ1v) is 8.48. The molecule has 116 valence electrons. The SMILES string of the molecule is CNS(=O)(=O)c1ccc(NC(=S)Nc2ccc(C)cc2)cc1. The van der Waals surface area contributed by atoms with E-state index in [1.807, 2.05) is 31.2 Å². The van der Waals surface area contributed by atoms with Crippen molar-refractivity contribution in [3.8, 4) is 0 Å². The van der Waals surface area contributed by atoms with Crippen LogP contribution in [0.3, 0.4) is 0 Å². The number of hydrogen-bond donors (Lipinski definition) is 3. The van der Waals surface area contributed by atoms with Crippen molar-refractivity contribution >= 4 is 38.7 Å². The number of rotatable bonds is 4. The zero-order valence-corrected chi connectivity index (χ0v) is 13.9. The minimum Gasteiger partial charge on any atom is -0.332 e. The van der Waals surface area contributed by atoms with Gasteiger partial charge in [-0.25, -0.2) is 13.1 Å². The Kier molecular flexibility index (Phi) is 5.12. The van der Waals surface area contributed by atoms with E-state index in [-0.39, 0.29) is 4.90 Å². The lowest BCUT2D eigenvalue weighted by molar-refractivity contribution is 0.588. The van der Waals surface area contributed by atoms with Crippen molar-refractivity contribution in [2.24, 2.45) is 0 Å². The molecule has 2 rings (SSSR count). The highest BCUT2D eigenvalue weighted by Gasteiger charge is 2.10. The lowest BCUT2D eigenvalue weighted by Crippen LogP contribution is -2.20. The lowest BCUT2D eigenvalue weighted by Gasteiger charge is -2.11. The zero-order valence-electron chi connectivity index (χ0n) is 12.3. The van der Waals surface area contributed by atoms with E-state index in [2.05, 4.69) is 15.4 Å². The number of hydrogen-bond acceptors (Lipinski definition) is 3. The second-order valence-corrected chi connectivity index (χ2v) is 6.97. The summed E-state index contributed by atoms with van der Waals surface area (Å²) in [4.78, 5) is 0.206. The van der Waals surface area contributed by atoms with Crippen molar-refractivity contribution < 1.29 is 8.42 Å². The first-order valence-electron chi connectivity index (χ1n) is 6.59. The van der Waals surface area contributed by atoms with E-state index in [0.29, 0.717) is 10.8 Å². The number of nitrogens with one attached hydrogen (secondary N) is 3. The minimum absolute atomic E-state index is 0.206. The van der Waals surface area contributed by atoms with Gasteiger partial charge in [0.05, 0.1) is 4.90 Å². The summed E-state index contributed by atoms with van der Waals surface area (Å²) in [6.45, 7) is 2.01. The fraction of sp³-hybridized carbons (Fsp3) is 0.133. The molecule has 2 aromatic rings. The molecular weight excluding hydrogens is 318 g/mol. The Morgan fingerprint density at radius 3 is 1.82 bits per heavy atom. The molecule has 0 amide bonds. The molecule has 22 heavy (non-hydrogen) atoms. The molecule has 0 saturated carbocycles. The number of benzene rings is 2. The van der Waals surface area contributed by atoms with Crippen molar-refractivity contribution in [2.75, 3.05) is 17.7 Å². The van der Waals surface area contributed by atoms with Gasteiger partial charge in [0, 0.05) is 11.4 Å². The predicted molar refractivity (Wildman–Crippen MR) is 93.7 cm³/mol. The Balaban J connectivity index is 2.01. The van der Waals surface area contributed by atoms with E-state index in [1.54, 1.807) is 12.1 Å². The zero-order chi connectivity index (χ0) is 16.2. The van der Waals surface area contributed by atoms with Crippen molar-refractivity contribution in [3.05, 3.63) is 54.1 Å².